The van der Waals surface area contributed by atoms with Crippen LogP contribution in [0.3, 0.4) is 0 Å². The number of H-pyrrole nitrogens is 1. The average molecular weight is 201 g/mol. The summed E-state index contributed by atoms with van der Waals surface area (Å²) in [6.07, 6.45) is 0. The van der Waals surface area contributed by atoms with Gasteiger partial charge in [-0.25, -0.2) is 4.98 Å². The lowest BCUT2D eigenvalue weighted by molar-refractivity contribution is 0.958. The van der Waals surface area contributed by atoms with Gasteiger partial charge in [-0.15, -0.1) is 0 Å². The molecule has 1 aromatic carbocycles. The Morgan fingerprint density at radius 2 is 2.20 bits per heavy atom. The minimum absolute atomic E-state index is 0.726. The van der Waals surface area contributed by atoms with Gasteiger partial charge in [0, 0.05) is 6.54 Å². The number of nitrogens with zero attached hydrogens (tertiary/aromatic N) is 2. The lowest BCUT2D eigenvalue weighted by Crippen LogP contribution is -2.26. The van der Waals surface area contributed by atoms with E-state index in [1.807, 2.05) is 24.3 Å². The Bertz CT molecular complexity index is 480. The Hall–Kier alpha value is -2.04. The maximum atomic E-state index is 4.39. The largest absolute Gasteiger partial charge is 0.354 e. The summed E-state index contributed by atoms with van der Waals surface area (Å²) in [6, 6.07) is 7.92. The van der Waals surface area contributed by atoms with Gasteiger partial charge in [-0.1, -0.05) is 12.1 Å². The van der Waals surface area contributed by atoms with Gasteiger partial charge in [-0.3, -0.25) is 10.3 Å². The number of aliphatic imine (C=N–C) groups is 1. The molecule has 2 aromatic rings. The molecule has 3 N–H and O–H groups in total. The van der Waals surface area contributed by atoms with E-state index in [2.05, 4.69) is 25.6 Å². The number of imidazole rings is 1. The zero-order valence-corrected chi connectivity index (χ0v) is 8.12. The molecule has 0 spiro atoms. The monoisotopic (exact) mass is 201 g/mol. The predicted molar refractivity (Wildman–Crippen MR) is 60.0 cm³/mol. The number of fused-ring (bicyclic) bond motifs is 1. The molecule has 0 saturated heterocycles. The summed E-state index contributed by atoms with van der Waals surface area (Å²) in [5, 5.41) is 6.23. The number of hydrogen-bond acceptors (Lipinski definition) is 4. The van der Waals surface area contributed by atoms with E-state index in [1.54, 1.807) is 0 Å². The molecule has 0 saturated carbocycles. The maximum Gasteiger partial charge on any atom is 0.208 e. The molecule has 1 aliphatic heterocycles. The molecule has 5 nitrogen and oxygen atoms in total. The highest BCUT2D eigenvalue weighted by Gasteiger charge is 2.07. The molecular weight excluding hydrogens is 190 g/mol. The number of guanidine groups is 1. The fraction of sp³-hybridized carbons (Fsp3) is 0.200. The van der Waals surface area contributed by atoms with E-state index in [-0.39, 0.29) is 0 Å². The van der Waals surface area contributed by atoms with Crippen molar-refractivity contribution in [1.82, 2.24) is 15.3 Å². The molecule has 0 unspecified atom stereocenters. The van der Waals surface area contributed by atoms with Gasteiger partial charge in [0.2, 0.25) is 5.95 Å². The molecule has 2 heterocycles. The van der Waals surface area contributed by atoms with Gasteiger partial charge < -0.3 is 10.3 Å². The highest BCUT2D eigenvalue weighted by atomic mass is 15.3. The lowest BCUT2D eigenvalue weighted by Gasteiger charge is -2.01. The van der Waals surface area contributed by atoms with Crippen molar-refractivity contribution < 1.29 is 0 Å². The van der Waals surface area contributed by atoms with Crippen molar-refractivity contribution in [2.75, 3.05) is 18.4 Å². The Morgan fingerprint density at radius 3 is 3.00 bits per heavy atom. The number of rotatable bonds is 1. The average Bonchev–Trinajstić information content (AvgIpc) is 2.86. The molecule has 0 fully saturated rings. The van der Waals surface area contributed by atoms with Crippen molar-refractivity contribution in [3.05, 3.63) is 24.3 Å². The first-order valence-electron chi connectivity index (χ1n) is 4.92. The highest BCUT2D eigenvalue weighted by molar-refractivity contribution is 5.94. The number of nitrogens with one attached hydrogen (secondary N) is 3. The third kappa shape index (κ3) is 1.52. The Labute approximate surface area is 86.6 Å². The SMILES string of the molecule is c1ccc2[nH]c(NC3=NCCN3)nc2c1. The standard InChI is InChI=1S/C10H11N5/c1-2-4-8-7(3-1)13-10(14-8)15-9-11-5-6-12-9/h1-4H,5-6H2,(H3,11,12,13,14,15). The van der Waals surface area contributed by atoms with Gasteiger partial charge in [0.25, 0.3) is 0 Å². The van der Waals surface area contributed by atoms with Crippen LogP contribution in [0.1, 0.15) is 0 Å². The molecular formula is C10H11N5. The first-order valence-corrected chi connectivity index (χ1v) is 4.92. The van der Waals surface area contributed by atoms with Crippen molar-refractivity contribution >= 4 is 22.9 Å². The van der Waals surface area contributed by atoms with Crippen molar-refractivity contribution in [3.63, 3.8) is 0 Å². The summed E-state index contributed by atoms with van der Waals surface area (Å²) in [5.41, 5.74) is 1.98. The summed E-state index contributed by atoms with van der Waals surface area (Å²) in [6.45, 7) is 1.71. The molecule has 3 rings (SSSR count). The van der Waals surface area contributed by atoms with Crippen LogP contribution in [0.2, 0.25) is 0 Å². The van der Waals surface area contributed by atoms with Crippen molar-refractivity contribution in [2.24, 2.45) is 4.99 Å². The Kier molecular flexibility index (Phi) is 1.81. The van der Waals surface area contributed by atoms with Gasteiger partial charge in [-0.05, 0) is 12.1 Å². The quantitative estimate of drug-likeness (QED) is 0.643. The number of para-hydroxylation sites is 2. The highest BCUT2D eigenvalue weighted by Crippen LogP contribution is 2.13. The van der Waals surface area contributed by atoms with Crippen LogP contribution in [0.5, 0.6) is 0 Å². The summed E-state index contributed by atoms with van der Waals surface area (Å²) in [4.78, 5) is 11.8. The molecule has 76 valence electrons. The van der Waals surface area contributed by atoms with Crippen LogP contribution in [-0.4, -0.2) is 29.0 Å². The number of aromatic nitrogens is 2. The summed E-state index contributed by atoms with van der Waals surface area (Å²) >= 11 is 0. The van der Waals surface area contributed by atoms with Gasteiger partial charge in [0.1, 0.15) is 0 Å². The molecule has 1 aliphatic rings. The van der Waals surface area contributed by atoms with E-state index in [4.69, 9.17) is 0 Å². The second-order valence-corrected chi connectivity index (χ2v) is 3.38. The number of aromatic amines is 1. The summed E-state index contributed by atoms with van der Waals surface area (Å²) < 4.78 is 0. The van der Waals surface area contributed by atoms with E-state index in [9.17, 15) is 0 Å². The predicted octanol–water partition coefficient (Wildman–Crippen LogP) is 0.934. The fourth-order valence-electron chi connectivity index (χ4n) is 1.61. The molecule has 0 atom stereocenters. The van der Waals surface area contributed by atoms with E-state index in [0.717, 1.165) is 36.0 Å². The van der Waals surface area contributed by atoms with E-state index in [1.165, 1.54) is 0 Å². The van der Waals surface area contributed by atoms with Gasteiger partial charge in [0.05, 0.1) is 17.6 Å². The van der Waals surface area contributed by atoms with Crippen LogP contribution < -0.4 is 10.6 Å². The normalized spacial score (nSPS) is 15.1. The molecule has 5 heteroatoms. The zero-order chi connectivity index (χ0) is 10.1. The Balaban J connectivity index is 1.91. The van der Waals surface area contributed by atoms with Crippen LogP contribution in [0, 0.1) is 0 Å². The minimum Gasteiger partial charge on any atom is -0.354 e. The molecule has 0 amide bonds. The minimum atomic E-state index is 0.726. The second-order valence-electron chi connectivity index (χ2n) is 3.38. The molecule has 15 heavy (non-hydrogen) atoms. The lowest BCUT2D eigenvalue weighted by atomic mass is 10.3. The first-order chi connectivity index (χ1) is 7.42. The third-order valence-electron chi connectivity index (χ3n) is 2.30. The van der Waals surface area contributed by atoms with Crippen LogP contribution >= 0.6 is 0 Å². The maximum absolute atomic E-state index is 4.39. The summed E-state index contributed by atoms with van der Waals surface area (Å²) in [7, 11) is 0. The van der Waals surface area contributed by atoms with Crippen molar-refractivity contribution in [2.45, 2.75) is 0 Å². The third-order valence-corrected chi connectivity index (χ3v) is 2.30. The molecule has 1 aromatic heterocycles. The number of anilines is 1. The smallest absolute Gasteiger partial charge is 0.208 e. The molecule has 0 radical (unpaired) electrons. The van der Waals surface area contributed by atoms with Crippen LogP contribution in [0.15, 0.2) is 29.3 Å². The second kappa shape index (κ2) is 3.27. The van der Waals surface area contributed by atoms with Crippen LogP contribution in [0.25, 0.3) is 11.0 Å². The topological polar surface area (TPSA) is 65.1 Å². The summed E-state index contributed by atoms with van der Waals surface area (Å²) in [5.74, 6) is 1.51. The van der Waals surface area contributed by atoms with Gasteiger partial charge in [0.15, 0.2) is 5.96 Å². The van der Waals surface area contributed by atoms with E-state index < -0.39 is 0 Å². The number of hydrogen-bond donors (Lipinski definition) is 3. The fourth-order valence-corrected chi connectivity index (χ4v) is 1.61. The molecule has 0 aliphatic carbocycles. The van der Waals surface area contributed by atoms with E-state index >= 15 is 0 Å². The van der Waals surface area contributed by atoms with Gasteiger partial charge in [-0.2, -0.15) is 0 Å². The number of benzene rings is 1. The van der Waals surface area contributed by atoms with E-state index in [0.29, 0.717) is 0 Å². The van der Waals surface area contributed by atoms with Crippen LogP contribution in [0.4, 0.5) is 5.95 Å². The molecule has 0 bridgehead atoms. The van der Waals surface area contributed by atoms with Gasteiger partial charge >= 0.3 is 0 Å². The van der Waals surface area contributed by atoms with Crippen LogP contribution in [-0.2, 0) is 0 Å². The Morgan fingerprint density at radius 1 is 1.27 bits per heavy atom. The van der Waals surface area contributed by atoms with Crippen molar-refractivity contribution in [3.8, 4) is 0 Å². The zero-order valence-electron chi connectivity index (χ0n) is 8.12. The first kappa shape index (κ1) is 8.28. The van der Waals surface area contributed by atoms with Crippen molar-refractivity contribution in [1.29, 1.82) is 0 Å².